The molecule has 2 heterocycles. The van der Waals surface area contributed by atoms with Gasteiger partial charge in [-0.15, -0.1) is 0 Å². The number of para-hydroxylation sites is 1. The highest BCUT2D eigenvalue weighted by Crippen LogP contribution is 2.44. The smallest absolute Gasteiger partial charge is 0.397 e. The molecule has 0 spiro atoms. The molecule has 2 atom stereocenters. The van der Waals surface area contributed by atoms with Crippen LogP contribution in [0.2, 0.25) is 0 Å². The molecule has 112 valence electrons. The molecule has 0 saturated carbocycles. The maximum absolute atomic E-state index is 12.1. The van der Waals surface area contributed by atoms with Crippen LogP contribution in [0.1, 0.15) is 22.2 Å². The van der Waals surface area contributed by atoms with Gasteiger partial charge in [-0.05, 0) is 12.1 Å². The van der Waals surface area contributed by atoms with Crippen molar-refractivity contribution in [2.75, 3.05) is 0 Å². The van der Waals surface area contributed by atoms with Gasteiger partial charge in [0, 0.05) is 6.07 Å². The van der Waals surface area contributed by atoms with Gasteiger partial charge in [-0.1, -0.05) is 12.1 Å². The number of rotatable bonds is 5. The van der Waals surface area contributed by atoms with E-state index in [4.69, 9.17) is 9.15 Å². The minimum atomic E-state index is -0.938. The number of ether oxygens (including phenoxy) is 1. The Morgan fingerprint density at radius 3 is 2.41 bits per heavy atom. The van der Waals surface area contributed by atoms with Gasteiger partial charge in [-0.2, -0.15) is 0 Å². The Morgan fingerprint density at radius 2 is 1.77 bits per heavy atom. The number of nitro groups is 2. The highest BCUT2D eigenvalue weighted by molar-refractivity contribution is 5.99. The number of epoxide rings is 1. The van der Waals surface area contributed by atoms with Crippen molar-refractivity contribution >= 4 is 17.4 Å². The van der Waals surface area contributed by atoms with Crippen molar-refractivity contribution in [3.63, 3.8) is 0 Å². The molecule has 9 heteroatoms. The summed E-state index contributed by atoms with van der Waals surface area (Å²) in [6.07, 6.45) is -1.69. The Balaban J connectivity index is 1.81. The minimum Gasteiger partial charge on any atom is -0.397 e. The fourth-order valence-corrected chi connectivity index (χ4v) is 2.14. The number of ketones is 1. The summed E-state index contributed by atoms with van der Waals surface area (Å²) in [7, 11) is 0. The number of hydrogen-bond donors (Lipinski definition) is 0. The minimum absolute atomic E-state index is 0.145. The van der Waals surface area contributed by atoms with Gasteiger partial charge in [0.15, 0.2) is 11.9 Å². The zero-order valence-electron chi connectivity index (χ0n) is 10.9. The van der Waals surface area contributed by atoms with Gasteiger partial charge in [0.05, 0.1) is 16.6 Å². The van der Waals surface area contributed by atoms with Crippen molar-refractivity contribution in [2.24, 2.45) is 0 Å². The van der Waals surface area contributed by atoms with E-state index in [0.29, 0.717) is 0 Å². The van der Waals surface area contributed by atoms with Crippen LogP contribution >= 0.6 is 0 Å². The lowest BCUT2D eigenvalue weighted by molar-refractivity contribution is -0.402. The van der Waals surface area contributed by atoms with Crippen molar-refractivity contribution in [2.45, 2.75) is 12.2 Å². The zero-order valence-corrected chi connectivity index (χ0v) is 10.9. The van der Waals surface area contributed by atoms with Gasteiger partial charge in [0.2, 0.25) is 5.78 Å². The molecule has 9 nitrogen and oxygen atoms in total. The van der Waals surface area contributed by atoms with E-state index in [-0.39, 0.29) is 17.0 Å². The fraction of sp³-hybridized carbons (Fsp3) is 0.154. The molecule has 0 bridgehead atoms. The lowest BCUT2D eigenvalue weighted by Crippen LogP contribution is -2.07. The van der Waals surface area contributed by atoms with E-state index in [2.05, 4.69) is 0 Å². The second kappa shape index (κ2) is 5.04. The number of carbonyl (C=O) groups is 1. The number of nitrogens with zero attached hydrogens (tertiary/aromatic N) is 2. The SMILES string of the molecule is O=C(c1ccc([N+](=O)[O-])o1)C1OC1c1ccccc1[N+](=O)[O-]. The summed E-state index contributed by atoms with van der Waals surface area (Å²) >= 11 is 0. The van der Waals surface area contributed by atoms with E-state index in [0.717, 1.165) is 6.07 Å². The number of hydrogen-bond acceptors (Lipinski definition) is 7. The van der Waals surface area contributed by atoms with Gasteiger partial charge in [-0.25, -0.2) is 0 Å². The zero-order chi connectivity index (χ0) is 15.9. The Labute approximate surface area is 122 Å². The molecule has 3 rings (SSSR count). The van der Waals surface area contributed by atoms with Crippen molar-refractivity contribution in [1.29, 1.82) is 0 Å². The van der Waals surface area contributed by atoms with E-state index >= 15 is 0 Å². The van der Waals surface area contributed by atoms with E-state index in [1.54, 1.807) is 6.07 Å². The molecular weight excluding hydrogens is 296 g/mol. The van der Waals surface area contributed by atoms with Crippen molar-refractivity contribution in [3.8, 4) is 0 Å². The van der Waals surface area contributed by atoms with E-state index in [1.807, 2.05) is 0 Å². The molecule has 2 aromatic rings. The second-order valence-electron chi connectivity index (χ2n) is 4.55. The third-order valence-corrected chi connectivity index (χ3v) is 3.20. The quantitative estimate of drug-likeness (QED) is 0.359. The molecule has 1 saturated heterocycles. The van der Waals surface area contributed by atoms with E-state index in [9.17, 15) is 25.0 Å². The maximum Gasteiger partial charge on any atom is 0.433 e. The first-order valence-electron chi connectivity index (χ1n) is 6.16. The fourth-order valence-electron chi connectivity index (χ4n) is 2.14. The number of nitro benzene ring substituents is 1. The number of furan rings is 1. The summed E-state index contributed by atoms with van der Waals surface area (Å²) in [6.45, 7) is 0. The van der Waals surface area contributed by atoms with Gasteiger partial charge >= 0.3 is 5.88 Å². The molecule has 1 fully saturated rings. The van der Waals surface area contributed by atoms with Crippen LogP contribution in [0.25, 0.3) is 0 Å². The summed E-state index contributed by atoms with van der Waals surface area (Å²) in [5.41, 5.74) is 0.139. The number of carbonyl (C=O) groups excluding carboxylic acids is 1. The molecule has 0 amide bonds. The molecule has 0 N–H and O–H groups in total. The van der Waals surface area contributed by atoms with Crippen molar-refractivity contribution in [1.82, 2.24) is 0 Å². The Morgan fingerprint density at radius 1 is 1.05 bits per heavy atom. The van der Waals surface area contributed by atoms with Crippen LogP contribution in [0.4, 0.5) is 11.6 Å². The molecule has 1 aliphatic rings. The highest BCUT2D eigenvalue weighted by atomic mass is 16.7. The van der Waals surface area contributed by atoms with Gasteiger partial charge in [-0.3, -0.25) is 25.0 Å². The van der Waals surface area contributed by atoms with Crippen LogP contribution in [0, 0.1) is 20.2 Å². The second-order valence-corrected chi connectivity index (χ2v) is 4.55. The van der Waals surface area contributed by atoms with Crippen LogP contribution in [0.3, 0.4) is 0 Å². The molecule has 0 radical (unpaired) electrons. The monoisotopic (exact) mass is 304 g/mol. The third-order valence-electron chi connectivity index (χ3n) is 3.20. The Hall–Kier alpha value is -3.07. The topological polar surface area (TPSA) is 129 Å². The molecule has 0 aliphatic carbocycles. The summed E-state index contributed by atoms with van der Waals surface area (Å²) in [5.74, 6) is -1.35. The van der Waals surface area contributed by atoms with Gasteiger partial charge < -0.3 is 9.15 Å². The van der Waals surface area contributed by atoms with E-state index < -0.39 is 33.7 Å². The Bertz CT molecular complexity index is 782. The Kier molecular flexibility index (Phi) is 3.18. The molecule has 1 aliphatic heterocycles. The summed E-state index contributed by atoms with van der Waals surface area (Å²) in [4.78, 5) is 32.2. The standard InChI is InChI=1S/C13H8N2O7/c16-11(9-5-6-10(21-9)15(19)20)13-12(22-13)7-3-1-2-4-8(7)14(17)18/h1-6,12-13H. The van der Waals surface area contributed by atoms with Gasteiger partial charge in [0.1, 0.15) is 11.0 Å². The van der Waals surface area contributed by atoms with Gasteiger partial charge in [0.25, 0.3) is 5.69 Å². The lowest BCUT2D eigenvalue weighted by atomic mass is 10.0. The summed E-state index contributed by atoms with van der Waals surface area (Å²) < 4.78 is 10.0. The number of Topliss-reactive ketones (excluding diaryl/α,β-unsaturated/α-hetero) is 1. The third kappa shape index (κ3) is 2.33. The molecular formula is C13H8N2O7. The first-order valence-corrected chi connectivity index (χ1v) is 6.16. The predicted octanol–water partition coefficient (Wildman–Crippen LogP) is 2.42. The lowest BCUT2D eigenvalue weighted by Gasteiger charge is -1.98. The van der Waals surface area contributed by atoms with Crippen LogP contribution in [-0.2, 0) is 4.74 Å². The predicted molar refractivity (Wildman–Crippen MR) is 70.4 cm³/mol. The largest absolute Gasteiger partial charge is 0.433 e. The average molecular weight is 304 g/mol. The highest BCUT2D eigenvalue weighted by Gasteiger charge is 2.50. The summed E-state index contributed by atoms with van der Waals surface area (Å²) in [6, 6.07) is 8.17. The average Bonchev–Trinajstić information content (AvgIpc) is 3.13. The van der Waals surface area contributed by atoms with Crippen LogP contribution in [0.5, 0.6) is 0 Å². The first kappa shape index (κ1) is 13.9. The number of benzene rings is 1. The van der Waals surface area contributed by atoms with Crippen LogP contribution < -0.4 is 0 Å². The first-order chi connectivity index (χ1) is 10.5. The van der Waals surface area contributed by atoms with E-state index in [1.165, 1.54) is 24.3 Å². The maximum atomic E-state index is 12.1. The van der Waals surface area contributed by atoms with Crippen LogP contribution in [-0.4, -0.2) is 21.7 Å². The molecule has 2 unspecified atom stereocenters. The molecule has 22 heavy (non-hydrogen) atoms. The van der Waals surface area contributed by atoms with Crippen molar-refractivity contribution in [3.05, 3.63) is 68.0 Å². The molecule has 1 aromatic heterocycles. The summed E-state index contributed by atoms with van der Waals surface area (Å²) in [5, 5.41) is 21.5. The van der Waals surface area contributed by atoms with Crippen molar-refractivity contribution < 1.29 is 23.8 Å². The normalized spacial score (nSPS) is 19.6. The molecule has 1 aromatic carbocycles. The van der Waals surface area contributed by atoms with Crippen LogP contribution in [0.15, 0.2) is 40.8 Å².